The first-order valence-electron chi connectivity index (χ1n) is 8.91. The van der Waals surface area contributed by atoms with E-state index in [9.17, 15) is 13.2 Å². The smallest absolute Gasteiger partial charge is 0.253 e. The molecule has 3 aromatic rings. The number of carbonyl (C=O) groups is 1. The van der Waals surface area contributed by atoms with E-state index < -0.39 is 10.0 Å². The predicted octanol–water partition coefficient (Wildman–Crippen LogP) is 4.13. The molecule has 0 unspecified atom stereocenters. The Morgan fingerprint density at radius 1 is 1.11 bits per heavy atom. The van der Waals surface area contributed by atoms with Gasteiger partial charge < -0.3 is 4.90 Å². The number of nitrogens with zero attached hydrogens (tertiary/aromatic N) is 2. The molecule has 0 radical (unpaired) electrons. The Bertz CT molecular complexity index is 1070. The van der Waals surface area contributed by atoms with Gasteiger partial charge in [-0.15, -0.1) is 17.9 Å². The van der Waals surface area contributed by atoms with Crippen molar-refractivity contribution in [2.24, 2.45) is 0 Å². The molecule has 146 valence electrons. The molecule has 1 aromatic heterocycles. The van der Waals surface area contributed by atoms with E-state index in [-0.39, 0.29) is 23.2 Å². The first kappa shape index (κ1) is 20.3. The lowest BCUT2D eigenvalue weighted by Gasteiger charge is -2.26. The zero-order valence-electron chi connectivity index (χ0n) is 15.6. The van der Waals surface area contributed by atoms with Crippen LogP contribution in [0.2, 0.25) is 0 Å². The molecule has 5 nitrogen and oxygen atoms in total. The number of likely N-dealkylation sites (N-methyl/N-ethyl adjacent to an activating group) is 1. The standard InChI is InChI=1S/C21H22N2O3S2/c1-3-14-22(28(25,26)21-13-8-15-27-21)16-20(24)23(4-2)19-12-7-10-17-9-5-6-11-18(17)19/h3,5-13,15H,1,4,14,16H2,2H3. The van der Waals surface area contributed by atoms with E-state index in [1.54, 1.807) is 22.4 Å². The zero-order chi connectivity index (χ0) is 20.1. The molecule has 7 heteroatoms. The predicted molar refractivity (Wildman–Crippen MR) is 115 cm³/mol. The summed E-state index contributed by atoms with van der Waals surface area (Å²) in [6.45, 7) is 5.78. The summed E-state index contributed by atoms with van der Waals surface area (Å²) < 4.78 is 27.2. The van der Waals surface area contributed by atoms with E-state index in [0.29, 0.717) is 6.54 Å². The quantitative estimate of drug-likeness (QED) is 0.521. The molecule has 0 aliphatic carbocycles. The molecule has 1 heterocycles. The van der Waals surface area contributed by atoms with Gasteiger partial charge in [0.25, 0.3) is 10.0 Å². The third-order valence-electron chi connectivity index (χ3n) is 4.41. The van der Waals surface area contributed by atoms with Gasteiger partial charge in [-0.3, -0.25) is 4.79 Å². The van der Waals surface area contributed by atoms with E-state index in [1.807, 2.05) is 49.4 Å². The Kier molecular flexibility index (Phi) is 6.28. The highest BCUT2D eigenvalue weighted by Gasteiger charge is 2.28. The number of sulfonamides is 1. The summed E-state index contributed by atoms with van der Waals surface area (Å²) in [7, 11) is -3.75. The zero-order valence-corrected chi connectivity index (χ0v) is 17.2. The minimum absolute atomic E-state index is 0.0685. The molecule has 0 saturated carbocycles. The van der Waals surface area contributed by atoms with Crippen LogP contribution in [0.15, 0.2) is 76.8 Å². The summed E-state index contributed by atoms with van der Waals surface area (Å²) >= 11 is 1.13. The topological polar surface area (TPSA) is 57.7 Å². The van der Waals surface area contributed by atoms with Gasteiger partial charge in [-0.2, -0.15) is 4.31 Å². The van der Waals surface area contributed by atoms with Crippen molar-refractivity contribution in [3.8, 4) is 0 Å². The summed E-state index contributed by atoms with van der Waals surface area (Å²) in [6.07, 6.45) is 1.49. The number of rotatable bonds is 8. The van der Waals surface area contributed by atoms with E-state index in [2.05, 4.69) is 6.58 Å². The number of anilines is 1. The van der Waals surface area contributed by atoms with Crippen LogP contribution in [0.25, 0.3) is 10.8 Å². The highest BCUT2D eigenvalue weighted by Crippen LogP contribution is 2.27. The lowest BCUT2D eigenvalue weighted by Crippen LogP contribution is -2.43. The Balaban J connectivity index is 1.93. The first-order chi connectivity index (χ1) is 13.5. The molecule has 0 spiro atoms. The number of amides is 1. The molecule has 0 bridgehead atoms. The Hall–Kier alpha value is -2.48. The van der Waals surface area contributed by atoms with Crippen molar-refractivity contribution >= 4 is 43.7 Å². The van der Waals surface area contributed by atoms with Crippen LogP contribution in [-0.4, -0.2) is 38.3 Å². The molecule has 0 aliphatic rings. The average Bonchev–Trinajstić information content (AvgIpc) is 3.24. The van der Waals surface area contributed by atoms with E-state index in [4.69, 9.17) is 0 Å². The van der Waals surface area contributed by atoms with Crippen LogP contribution in [0.5, 0.6) is 0 Å². The van der Waals surface area contributed by atoms with Gasteiger partial charge in [0.15, 0.2) is 0 Å². The molecule has 0 aliphatic heterocycles. The maximum atomic E-state index is 13.1. The Morgan fingerprint density at radius 3 is 2.54 bits per heavy atom. The van der Waals surface area contributed by atoms with Crippen molar-refractivity contribution in [1.82, 2.24) is 4.31 Å². The molecule has 3 rings (SSSR count). The minimum Gasteiger partial charge on any atom is -0.311 e. The van der Waals surface area contributed by atoms with Crippen LogP contribution in [0, 0.1) is 0 Å². The van der Waals surface area contributed by atoms with E-state index in [0.717, 1.165) is 27.8 Å². The lowest BCUT2D eigenvalue weighted by atomic mass is 10.1. The second kappa shape index (κ2) is 8.68. The molecule has 28 heavy (non-hydrogen) atoms. The monoisotopic (exact) mass is 414 g/mol. The van der Waals surface area contributed by atoms with E-state index in [1.165, 1.54) is 10.4 Å². The maximum Gasteiger partial charge on any atom is 0.253 e. The van der Waals surface area contributed by atoms with Crippen LogP contribution in [0.3, 0.4) is 0 Å². The fourth-order valence-corrected chi connectivity index (χ4v) is 5.59. The fraction of sp³-hybridized carbons (Fsp3) is 0.190. The maximum absolute atomic E-state index is 13.1. The fourth-order valence-electron chi connectivity index (χ4n) is 3.09. The summed E-state index contributed by atoms with van der Waals surface area (Å²) in [5.41, 5.74) is 0.776. The van der Waals surface area contributed by atoms with Crippen molar-refractivity contribution in [2.75, 3.05) is 24.5 Å². The van der Waals surface area contributed by atoms with Crippen LogP contribution >= 0.6 is 11.3 Å². The number of hydrogen-bond donors (Lipinski definition) is 0. The molecular weight excluding hydrogens is 392 g/mol. The number of fused-ring (bicyclic) bond motifs is 1. The number of thiophene rings is 1. The van der Waals surface area contributed by atoms with Gasteiger partial charge >= 0.3 is 0 Å². The van der Waals surface area contributed by atoms with Crippen molar-refractivity contribution in [3.05, 3.63) is 72.6 Å². The van der Waals surface area contributed by atoms with Gasteiger partial charge in [-0.1, -0.05) is 48.5 Å². The normalized spacial score (nSPS) is 11.6. The van der Waals surface area contributed by atoms with Crippen molar-refractivity contribution < 1.29 is 13.2 Å². The summed E-state index contributed by atoms with van der Waals surface area (Å²) in [5.74, 6) is -0.277. The van der Waals surface area contributed by atoms with E-state index >= 15 is 0 Å². The summed E-state index contributed by atoms with van der Waals surface area (Å²) in [4.78, 5) is 14.7. The SMILES string of the molecule is C=CCN(CC(=O)N(CC)c1cccc2ccccc12)S(=O)(=O)c1cccs1. The highest BCUT2D eigenvalue weighted by molar-refractivity contribution is 7.91. The third-order valence-corrected chi connectivity index (χ3v) is 7.59. The first-order valence-corrected chi connectivity index (χ1v) is 11.2. The molecular formula is C21H22N2O3S2. The molecule has 0 N–H and O–H groups in total. The second-order valence-electron chi connectivity index (χ2n) is 6.15. The number of benzene rings is 2. The Labute approximate surface area is 169 Å². The van der Waals surface area contributed by atoms with Crippen molar-refractivity contribution in [3.63, 3.8) is 0 Å². The highest BCUT2D eigenvalue weighted by atomic mass is 32.2. The summed E-state index contributed by atoms with van der Waals surface area (Å²) in [5, 5.41) is 3.69. The van der Waals surface area contributed by atoms with Crippen LogP contribution in [0.1, 0.15) is 6.92 Å². The van der Waals surface area contributed by atoms with Crippen molar-refractivity contribution in [1.29, 1.82) is 0 Å². The third kappa shape index (κ3) is 4.01. The van der Waals surface area contributed by atoms with Gasteiger partial charge in [-0.25, -0.2) is 8.42 Å². The molecule has 0 saturated heterocycles. The lowest BCUT2D eigenvalue weighted by molar-refractivity contribution is -0.118. The molecule has 0 atom stereocenters. The van der Waals surface area contributed by atoms with Crippen LogP contribution < -0.4 is 4.90 Å². The largest absolute Gasteiger partial charge is 0.311 e. The molecule has 0 fully saturated rings. The van der Waals surface area contributed by atoms with Gasteiger partial charge in [0, 0.05) is 18.5 Å². The molecule has 2 aromatic carbocycles. The Morgan fingerprint density at radius 2 is 1.86 bits per heavy atom. The van der Waals surface area contributed by atoms with Gasteiger partial charge in [0.2, 0.25) is 5.91 Å². The van der Waals surface area contributed by atoms with Crippen LogP contribution in [-0.2, 0) is 14.8 Å². The van der Waals surface area contributed by atoms with Crippen LogP contribution in [0.4, 0.5) is 5.69 Å². The minimum atomic E-state index is -3.75. The van der Waals surface area contributed by atoms with Gasteiger partial charge in [0.1, 0.15) is 4.21 Å². The van der Waals surface area contributed by atoms with Gasteiger partial charge in [-0.05, 0) is 29.8 Å². The van der Waals surface area contributed by atoms with Crippen molar-refractivity contribution in [2.45, 2.75) is 11.1 Å². The molecule has 1 amide bonds. The van der Waals surface area contributed by atoms with Gasteiger partial charge in [0.05, 0.1) is 12.2 Å². The number of hydrogen-bond acceptors (Lipinski definition) is 4. The second-order valence-corrected chi connectivity index (χ2v) is 9.27. The number of carbonyl (C=O) groups excluding carboxylic acids is 1. The summed E-state index contributed by atoms with van der Waals surface area (Å²) in [6, 6.07) is 16.8. The average molecular weight is 415 g/mol.